The predicted molar refractivity (Wildman–Crippen MR) is 117 cm³/mol. The molecule has 0 aliphatic heterocycles. The van der Waals surface area contributed by atoms with Crippen LogP contribution in [0.5, 0.6) is 0 Å². The molecule has 0 bridgehead atoms. The highest BCUT2D eigenvalue weighted by atomic mass is 16.4. The van der Waals surface area contributed by atoms with E-state index in [1.807, 2.05) is 5.32 Å². The summed E-state index contributed by atoms with van der Waals surface area (Å²) in [5.41, 5.74) is 21.0. The summed E-state index contributed by atoms with van der Waals surface area (Å²) in [4.78, 5) is 82.7. The highest BCUT2D eigenvalue weighted by Crippen LogP contribution is 2.07. The molecule has 6 amide bonds. The number of amides is 6. The lowest BCUT2D eigenvalue weighted by atomic mass is 9.99. The van der Waals surface area contributed by atoms with Crippen molar-refractivity contribution in [2.24, 2.45) is 28.9 Å². The van der Waals surface area contributed by atoms with E-state index in [-0.39, 0.29) is 18.8 Å². The first-order valence-corrected chi connectivity index (χ1v) is 10.4. The molecule has 0 radical (unpaired) electrons. The quantitative estimate of drug-likeness (QED) is 0.105. The minimum absolute atomic E-state index is 0.246. The van der Waals surface area contributed by atoms with Crippen molar-refractivity contribution in [1.29, 1.82) is 0 Å². The number of rotatable bonds is 16. The van der Waals surface area contributed by atoms with Crippen LogP contribution in [0.4, 0.5) is 0 Å². The van der Waals surface area contributed by atoms with E-state index < -0.39 is 78.4 Å². The lowest BCUT2D eigenvalue weighted by molar-refractivity contribution is -0.144. The lowest BCUT2D eigenvalue weighted by Gasteiger charge is -2.25. The maximum Gasteiger partial charge on any atom is 0.326 e. The molecule has 0 aromatic rings. The van der Waals surface area contributed by atoms with Crippen molar-refractivity contribution in [2.75, 3.05) is 0 Å². The first-order valence-electron chi connectivity index (χ1n) is 10.4. The van der Waals surface area contributed by atoms with Crippen LogP contribution in [-0.4, -0.2) is 70.7 Å². The topological polar surface area (TPSA) is 280 Å². The summed E-state index contributed by atoms with van der Waals surface area (Å²) in [6.07, 6.45) is -1.52. The summed E-state index contributed by atoms with van der Waals surface area (Å²) in [7, 11) is 0. The van der Waals surface area contributed by atoms with E-state index in [1.165, 1.54) is 0 Å². The van der Waals surface area contributed by atoms with Gasteiger partial charge in [0.15, 0.2) is 0 Å². The fraction of sp³-hybridized carbons (Fsp3) is 0.632. The second-order valence-electron chi connectivity index (χ2n) is 7.78. The van der Waals surface area contributed by atoms with Gasteiger partial charge in [0.25, 0.3) is 0 Å². The molecule has 0 fully saturated rings. The first kappa shape index (κ1) is 30.2. The molecular weight excluding hydrogens is 454 g/mol. The number of nitrogens with two attached hydrogens (primary N) is 4. The van der Waals surface area contributed by atoms with Gasteiger partial charge in [0, 0.05) is 6.42 Å². The van der Waals surface area contributed by atoms with Crippen LogP contribution in [0.3, 0.4) is 0 Å². The van der Waals surface area contributed by atoms with Crippen LogP contribution >= 0.6 is 0 Å². The van der Waals surface area contributed by atoms with Crippen molar-refractivity contribution in [1.82, 2.24) is 16.0 Å². The molecular formula is C19H33N7O8. The smallest absolute Gasteiger partial charge is 0.326 e. The van der Waals surface area contributed by atoms with Crippen LogP contribution in [0.15, 0.2) is 0 Å². The number of carbonyl (C=O) groups is 7. The van der Waals surface area contributed by atoms with Crippen LogP contribution in [0, 0.1) is 5.92 Å². The molecule has 5 unspecified atom stereocenters. The van der Waals surface area contributed by atoms with Gasteiger partial charge in [-0.25, -0.2) is 4.79 Å². The molecule has 12 N–H and O–H groups in total. The molecule has 15 heteroatoms. The molecule has 0 spiro atoms. The molecule has 5 atom stereocenters. The second kappa shape index (κ2) is 14.4. The average Bonchev–Trinajstić information content (AvgIpc) is 2.73. The molecule has 34 heavy (non-hydrogen) atoms. The van der Waals surface area contributed by atoms with E-state index >= 15 is 0 Å². The zero-order chi connectivity index (χ0) is 26.6. The summed E-state index contributed by atoms with van der Waals surface area (Å²) >= 11 is 0. The van der Waals surface area contributed by atoms with Crippen LogP contribution in [0.25, 0.3) is 0 Å². The zero-order valence-electron chi connectivity index (χ0n) is 19.0. The first-order chi connectivity index (χ1) is 15.7. The number of hydrogen-bond acceptors (Lipinski definition) is 8. The number of aliphatic carboxylic acids is 1. The Bertz CT molecular complexity index is 804. The van der Waals surface area contributed by atoms with Gasteiger partial charge in [0.1, 0.15) is 18.1 Å². The molecule has 0 aromatic carbocycles. The minimum Gasteiger partial charge on any atom is -0.480 e. The van der Waals surface area contributed by atoms with Crippen molar-refractivity contribution < 1.29 is 38.7 Å². The zero-order valence-corrected chi connectivity index (χ0v) is 19.0. The molecule has 0 aromatic heterocycles. The van der Waals surface area contributed by atoms with Gasteiger partial charge in [-0.3, -0.25) is 28.8 Å². The van der Waals surface area contributed by atoms with E-state index in [0.717, 1.165) is 0 Å². The predicted octanol–water partition coefficient (Wildman–Crippen LogP) is -4.08. The summed E-state index contributed by atoms with van der Waals surface area (Å²) in [5, 5.41) is 15.7. The molecule has 0 rings (SSSR count). The van der Waals surface area contributed by atoms with Gasteiger partial charge >= 0.3 is 5.97 Å². The van der Waals surface area contributed by atoms with E-state index in [0.29, 0.717) is 6.42 Å². The number of hydrogen-bond donors (Lipinski definition) is 8. The van der Waals surface area contributed by atoms with E-state index in [1.54, 1.807) is 13.8 Å². The van der Waals surface area contributed by atoms with Gasteiger partial charge in [-0.1, -0.05) is 20.3 Å². The van der Waals surface area contributed by atoms with Gasteiger partial charge in [0.2, 0.25) is 35.4 Å². The summed E-state index contributed by atoms with van der Waals surface area (Å²) in [6.45, 7) is 3.51. The standard InChI is InChI=1S/C19H33N7O8/c1-3-8(2)15(23)18(32)25-10(6-13(21)28)17(31)24-9(4-5-12(20)27)16(30)26-11(19(33)34)7-14(22)29/h8-11,15H,3-7,23H2,1-2H3,(H2,20,27)(H2,21,28)(H2,22,29)(H,24,31)(H,25,32)(H,26,30)(H,33,34). The molecule has 0 saturated heterocycles. The van der Waals surface area contributed by atoms with Crippen molar-refractivity contribution >= 4 is 41.4 Å². The fourth-order valence-corrected chi connectivity index (χ4v) is 2.69. The SMILES string of the molecule is CCC(C)C(N)C(=O)NC(CC(N)=O)C(=O)NC(CCC(N)=O)C(=O)NC(CC(N)=O)C(=O)O. The molecule has 192 valence electrons. The second-order valence-corrected chi connectivity index (χ2v) is 7.78. The van der Waals surface area contributed by atoms with Crippen molar-refractivity contribution in [2.45, 2.75) is 70.1 Å². The summed E-state index contributed by atoms with van der Waals surface area (Å²) in [6, 6.07) is -5.71. The number of carboxylic acid groups (broad SMARTS) is 1. The average molecular weight is 488 g/mol. The Hall–Kier alpha value is -3.75. The summed E-state index contributed by atoms with van der Waals surface area (Å²) in [5.74, 6) is -7.40. The Morgan fingerprint density at radius 2 is 1.18 bits per heavy atom. The van der Waals surface area contributed by atoms with Gasteiger partial charge in [-0.05, 0) is 12.3 Å². The third-order valence-corrected chi connectivity index (χ3v) is 4.93. The van der Waals surface area contributed by atoms with Gasteiger partial charge in [-0.15, -0.1) is 0 Å². The molecule has 15 nitrogen and oxygen atoms in total. The van der Waals surface area contributed by atoms with Crippen LogP contribution in [0.2, 0.25) is 0 Å². The normalized spacial score (nSPS) is 15.0. The van der Waals surface area contributed by atoms with Crippen molar-refractivity contribution in [3.05, 3.63) is 0 Å². The number of carboxylic acids is 1. The highest BCUT2D eigenvalue weighted by molar-refractivity contribution is 5.96. The van der Waals surface area contributed by atoms with Gasteiger partial charge < -0.3 is 44.0 Å². The third kappa shape index (κ3) is 11.2. The number of nitrogens with one attached hydrogen (secondary N) is 3. The Morgan fingerprint density at radius 3 is 1.62 bits per heavy atom. The van der Waals surface area contributed by atoms with Crippen LogP contribution < -0.4 is 38.9 Å². The third-order valence-electron chi connectivity index (χ3n) is 4.93. The Kier molecular flexibility index (Phi) is 12.8. The number of primary amides is 3. The van der Waals surface area contributed by atoms with Gasteiger partial charge in [0.05, 0.1) is 18.9 Å². The fourth-order valence-electron chi connectivity index (χ4n) is 2.69. The van der Waals surface area contributed by atoms with Gasteiger partial charge in [-0.2, -0.15) is 0 Å². The van der Waals surface area contributed by atoms with E-state index in [2.05, 4.69) is 10.6 Å². The lowest BCUT2D eigenvalue weighted by Crippen LogP contribution is -2.58. The minimum atomic E-state index is -1.70. The summed E-state index contributed by atoms with van der Waals surface area (Å²) < 4.78 is 0. The van der Waals surface area contributed by atoms with E-state index in [9.17, 15) is 33.6 Å². The number of carbonyl (C=O) groups excluding carboxylic acids is 6. The maximum atomic E-state index is 12.8. The van der Waals surface area contributed by atoms with Crippen LogP contribution in [0.1, 0.15) is 46.0 Å². The Morgan fingerprint density at radius 1 is 0.735 bits per heavy atom. The highest BCUT2D eigenvalue weighted by Gasteiger charge is 2.32. The Balaban J connectivity index is 5.65. The van der Waals surface area contributed by atoms with Crippen LogP contribution in [-0.2, 0) is 33.6 Å². The van der Waals surface area contributed by atoms with E-state index in [4.69, 9.17) is 28.0 Å². The molecule has 0 aliphatic rings. The molecule has 0 saturated carbocycles. The maximum absolute atomic E-state index is 12.8. The largest absolute Gasteiger partial charge is 0.480 e. The Labute approximate surface area is 195 Å². The molecule has 0 aliphatic carbocycles. The van der Waals surface area contributed by atoms with Crippen molar-refractivity contribution in [3.8, 4) is 0 Å². The monoisotopic (exact) mass is 487 g/mol. The molecule has 0 heterocycles. The van der Waals surface area contributed by atoms with Crippen molar-refractivity contribution in [3.63, 3.8) is 0 Å².